The first kappa shape index (κ1) is 7.56. The normalized spacial score (nSPS) is 9.77. The molecule has 2 rings (SSSR count). The van der Waals surface area contributed by atoms with Gasteiger partial charge in [0.2, 0.25) is 0 Å². The second kappa shape index (κ2) is 2.76. The van der Waals surface area contributed by atoms with E-state index in [9.17, 15) is 5.11 Å². The van der Waals surface area contributed by atoms with Crippen molar-refractivity contribution in [1.29, 1.82) is 5.26 Å². The standard InChI is InChI=1S/C10H6N2O/c11-6-7-1-2-8-9(5-7)12-4-3-10(8)13/h1-5H,(H,12,13). The largest absolute Gasteiger partial charge is 0.507 e. The average molecular weight is 170 g/mol. The van der Waals surface area contributed by atoms with E-state index in [1.807, 2.05) is 6.07 Å². The minimum Gasteiger partial charge on any atom is -0.507 e. The minimum absolute atomic E-state index is 0.189. The SMILES string of the molecule is N#Cc1ccc2c(O)ccnc2c1. The van der Waals surface area contributed by atoms with Crippen molar-refractivity contribution in [3.05, 3.63) is 36.0 Å². The van der Waals surface area contributed by atoms with Crippen LogP contribution in [0.25, 0.3) is 10.9 Å². The number of pyridine rings is 1. The molecule has 1 aromatic heterocycles. The second-order valence-electron chi connectivity index (χ2n) is 2.67. The molecule has 3 nitrogen and oxygen atoms in total. The highest BCUT2D eigenvalue weighted by molar-refractivity contribution is 5.85. The van der Waals surface area contributed by atoms with Gasteiger partial charge in [0.25, 0.3) is 0 Å². The van der Waals surface area contributed by atoms with Gasteiger partial charge in [-0.1, -0.05) is 0 Å². The highest BCUT2D eigenvalue weighted by Gasteiger charge is 2.00. The maximum atomic E-state index is 9.41. The summed E-state index contributed by atoms with van der Waals surface area (Å²) >= 11 is 0. The van der Waals surface area contributed by atoms with Crippen LogP contribution in [0.15, 0.2) is 30.5 Å². The summed E-state index contributed by atoms with van der Waals surface area (Å²) in [5, 5.41) is 18.7. The quantitative estimate of drug-likeness (QED) is 0.656. The zero-order valence-electron chi connectivity index (χ0n) is 6.73. The van der Waals surface area contributed by atoms with E-state index in [4.69, 9.17) is 5.26 Å². The van der Waals surface area contributed by atoms with Crippen LogP contribution in [0.1, 0.15) is 5.56 Å². The Morgan fingerprint density at radius 2 is 2.15 bits per heavy atom. The Kier molecular flexibility index (Phi) is 1.60. The minimum atomic E-state index is 0.189. The monoisotopic (exact) mass is 170 g/mol. The molecule has 62 valence electrons. The summed E-state index contributed by atoms with van der Waals surface area (Å²) in [6.07, 6.45) is 1.51. The Bertz CT molecular complexity index is 500. The zero-order chi connectivity index (χ0) is 9.26. The lowest BCUT2D eigenvalue weighted by atomic mass is 10.1. The Morgan fingerprint density at radius 3 is 2.92 bits per heavy atom. The van der Waals surface area contributed by atoms with Gasteiger partial charge in [0.15, 0.2) is 0 Å². The molecule has 1 N–H and O–H groups in total. The first-order valence-electron chi connectivity index (χ1n) is 3.79. The lowest BCUT2D eigenvalue weighted by Gasteiger charge is -1.98. The number of rotatable bonds is 0. The average Bonchev–Trinajstić information content (AvgIpc) is 2.18. The molecule has 3 heteroatoms. The van der Waals surface area contributed by atoms with Gasteiger partial charge in [-0.2, -0.15) is 5.26 Å². The van der Waals surface area contributed by atoms with Gasteiger partial charge in [-0.3, -0.25) is 4.98 Å². The van der Waals surface area contributed by atoms with E-state index >= 15 is 0 Å². The summed E-state index contributed by atoms with van der Waals surface area (Å²) in [6.45, 7) is 0. The van der Waals surface area contributed by atoms with Gasteiger partial charge in [-0.25, -0.2) is 0 Å². The topological polar surface area (TPSA) is 56.9 Å². The molecule has 0 atom stereocenters. The van der Waals surface area contributed by atoms with Crippen molar-refractivity contribution in [3.8, 4) is 11.8 Å². The fourth-order valence-corrected chi connectivity index (χ4v) is 1.20. The van der Waals surface area contributed by atoms with Gasteiger partial charge in [-0.15, -0.1) is 0 Å². The number of hydrogen-bond donors (Lipinski definition) is 1. The molecule has 1 heterocycles. The fraction of sp³-hybridized carbons (Fsp3) is 0. The van der Waals surface area contributed by atoms with E-state index in [-0.39, 0.29) is 5.75 Å². The summed E-state index contributed by atoms with van der Waals surface area (Å²) in [5.41, 5.74) is 1.18. The van der Waals surface area contributed by atoms with E-state index in [0.29, 0.717) is 16.5 Å². The molecular formula is C10H6N2O. The number of nitrogens with zero attached hydrogens (tertiary/aromatic N) is 2. The van der Waals surface area contributed by atoms with Crippen molar-refractivity contribution in [3.63, 3.8) is 0 Å². The highest BCUT2D eigenvalue weighted by atomic mass is 16.3. The molecule has 0 radical (unpaired) electrons. The third-order valence-electron chi connectivity index (χ3n) is 1.85. The summed E-state index contributed by atoms with van der Waals surface area (Å²) in [7, 11) is 0. The molecular weight excluding hydrogens is 164 g/mol. The third kappa shape index (κ3) is 1.18. The van der Waals surface area contributed by atoms with Gasteiger partial charge in [0, 0.05) is 11.6 Å². The Balaban J connectivity index is 2.82. The number of benzene rings is 1. The molecule has 1 aromatic carbocycles. The number of aromatic hydroxyl groups is 1. The van der Waals surface area contributed by atoms with Gasteiger partial charge in [-0.05, 0) is 24.3 Å². The van der Waals surface area contributed by atoms with Gasteiger partial charge in [0.05, 0.1) is 17.1 Å². The Labute approximate surface area is 74.9 Å². The molecule has 0 bridgehead atoms. The van der Waals surface area contributed by atoms with Crippen LogP contribution >= 0.6 is 0 Å². The number of hydrogen-bond acceptors (Lipinski definition) is 3. The van der Waals surface area contributed by atoms with E-state index in [2.05, 4.69) is 4.98 Å². The summed E-state index contributed by atoms with van der Waals surface area (Å²) < 4.78 is 0. The first-order valence-corrected chi connectivity index (χ1v) is 3.79. The van der Waals surface area contributed by atoms with Crippen LogP contribution in [0.2, 0.25) is 0 Å². The van der Waals surface area contributed by atoms with Crippen LogP contribution in [0, 0.1) is 11.3 Å². The molecule has 0 saturated heterocycles. The molecule has 0 aliphatic heterocycles. The lowest BCUT2D eigenvalue weighted by Crippen LogP contribution is -1.80. The molecule has 0 saturated carbocycles. The van der Waals surface area contributed by atoms with Crippen LogP contribution in [0.4, 0.5) is 0 Å². The maximum Gasteiger partial charge on any atom is 0.126 e. The van der Waals surface area contributed by atoms with Gasteiger partial charge >= 0.3 is 0 Å². The molecule has 0 unspecified atom stereocenters. The number of aromatic nitrogens is 1. The van der Waals surface area contributed by atoms with Crippen molar-refractivity contribution in [1.82, 2.24) is 4.98 Å². The highest BCUT2D eigenvalue weighted by Crippen LogP contribution is 2.22. The zero-order valence-corrected chi connectivity index (χ0v) is 6.73. The van der Waals surface area contributed by atoms with E-state index < -0.39 is 0 Å². The van der Waals surface area contributed by atoms with Crippen LogP contribution < -0.4 is 0 Å². The Hall–Kier alpha value is -2.08. The molecule has 0 aliphatic rings. The predicted molar refractivity (Wildman–Crippen MR) is 48.1 cm³/mol. The number of fused-ring (bicyclic) bond motifs is 1. The van der Waals surface area contributed by atoms with E-state index in [0.717, 1.165) is 0 Å². The summed E-state index contributed by atoms with van der Waals surface area (Å²) in [6, 6.07) is 8.53. The molecule has 13 heavy (non-hydrogen) atoms. The molecule has 0 fully saturated rings. The van der Waals surface area contributed by atoms with Crippen LogP contribution in [0.3, 0.4) is 0 Å². The first-order chi connectivity index (χ1) is 6.31. The van der Waals surface area contributed by atoms with Crippen molar-refractivity contribution in [2.45, 2.75) is 0 Å². The molecule has 2 aromatic rings. The van der Waals surface area contributed by atoms with Crippen LogP contribution in [0.5, 0.6) is 5.75 Å². The van der Waals surface area contributed by atoms with E-state index in [1.54, 1.807) is 18.2 Å². The van der Waals surface area contributed by atoms with Gasteiger partial charge < -0.3 is 5.11 Å². The molecule has 0 amide bonds. The predicted octanol–water partition coefficient (Wildman–Crippen LogP) is 1.81. The smallest absolute Gasteiger partial charge is 0.126 e. The van der Waals surface area contributed by atoms with Crippen molar-refractivity contribution < 1.29 is 5.11 Å². The molecule has 0 spiro atoms. The van der Waals surface area contributed by atoms with Crippen molar-refractivity contribution >= 4 is 10.9 Å². The van der Waals surface area contributed by atoms with Crippen LogP contribution in [-0.2, 0) is 0 Å². The maximum absolute atomic E-state index is 9.41. The van der Waals surface area contributed by atoms with Crippen molar-refractivity contribution in [2.75, 3.05) is 0 Å². The van der Waals surface area contributed by atoms with Crippen LogP contribution in [-0.4, -0.2) is 10.1 Å². The fourth-order valence-electron chi connectivity index (χ4n) is 1.20. The second-order valence-corrected chi connectivity index (χ2v) is 2.67. The third-order valence-corrected chi connectivity index (χ3v) is 1.85. The van der Waals surface area contributed by atoms with Crippen molar-refractivity contribution in [2.24, 2.45) is 0 Å². The van der Waals surface area contributed by atoms with Gasteiger partial charge in [0.1, 0.15) is 5.75 Å². The van der Waals surface area contributed by atoms with E-state index in [1.165, 1.54) is 12.3 Å². The summed E-state index contributed by atoms with van der Waals surface area (Å²) in [5.74, 6) is 0.189. The Morgan fingerprint density at radius 1 is 1.31 bits per heavy atom. The number of nitriles is 1. The summed E-state index contributed by atoms with van der Waals surface area (Å²) in [4.78, 5) is 4.04. The lowest BCUT2D eigenvalue weighted by molar-refractivity contribution is 0.481. The molecule has 0 aliphatic carbocycles.